The third kappa shape index (κ3) is 6.13. The van der Waals surface area contributed by atoms with Crippen LogP contribution >= 0.6 is 12.2 Å². The molecular weight excluding hydrogens is 380 g/mol. The Kier molecular flexibility index (Phi) is 7.58. The third-order valence-corrected chi connectivity index (χ3v) is 3.72. The summed E-state index contributed by atoms with van der Waals surface area (Å²) >= 11 is 5.21. The van der Waals surface area contributed by atoms with E-state index in [2.05, 4.69) is 15.8 Å². The number of hydrogen-bond acceptors (Lipinski definition) is 6. The van der Waals surface area contributed by atoms with E-state index in [-0.39, 0.29) is 12.4 Å². The minimum absolute atomic E-state index is 0.283. The first-order valence-electron chi connectivity index (χ1n) is 8.26. The molecule has 148 valence electrons. The summed E-state index contributed by atoms with van der Waals surface area (Å²) in [6.07, 6.45) is 1.55. The number of benzene rings is 2. The molecule has 4 N–H and O–H groups in total. The molecule has 9 heteroatoms. The van der Waals surface area contributed by atoms with Gasteiger partial charge in [-0.15, -0.1) is 0 Å². The number of thiocarbonyl (C=S) groups is 1. The van der Waals surface area contributed by atoms with Crippen molar-refractivity contribution in [2.75, 3.05) is 26.1 Å². The lowest BCUT2D eigenvalue weighted by Crippen LogP contribution is -2.23. The smallest absolute Gasteiger partial charge is 0.255 e. The van der Waals surface area contributed by atoms with Crippen LogP contribution in [0.1, 0.15) is 11.1 Å². The Balaban J connectivity index is 2.06. The molecule has 0 saturated heterocycles. The molecule has 28 heavy (non-hydrogen) atoms. The molecule has 0 radical (unpaired) electrons. The molecule has 0 atom stereocenters. The number of amides is 1. The zero-order valence-electron chi connectivity index (χ0n) is 15.8. The topological polar surface area (TPSA) is 107 Å². The zero-order valence-corrected chi connectivity index (χ0v) is 16.6. The summed E-state index contributed by atoms with van der Waals surface area (Å²) in [7, 11) is 2.96. The van der Waals surface area contributed by atoms with E-state index in [0.717, 1.165) is 11.3 Å². The van der Waals surface area contributed by atoms with Crippen LogP contribution in [0.2, 0.25) is 0 Å². The molecule has 2 aromatic rings. The lowest BCUT2D eigenvalue weighted by atomic mass is 10.2. The molecule has 1 amide bonds. The first-order valence-corrected chi connectivity index (χ1v) is 8.67. The SMILES string of the molecule is COc1cc(/C=N\NC(=S)Nc2ccc(C)cc2)cc(OC)c1OCC(N)=O. The minimum atomic E-state index is -0.603. The predicted molar refractivity (Wildman–Crippen MR) is 112 cm³/mol. The van der Waals surface area contributed by atoms with Gasteiger partial charge in [0, 0.05) is 11.3 Å². The molecule has 0 heterocycles. The van der Waals surface area contributed by atoms with Gasteiger partial charge in [0.15, 0.2) is 23.2 Å². The van der Waals surface area contributed by atoms with Gasteiger partial charge < -0.3 is 25.3 Å². The van der Waals surface area contributed by atoms with Crippen molar-refractivity contribution in [2.45, 2.75) is 6.92 Å². The predicted octanol–water partition coefficient (Wildman–Crippen LogP) is 2.20. The highest BCUT2D eigenvalue weighted by atomic mass is 32.1. The van der Waals surface area contributed by atoms with Gasteiger partial charge in [-0.05, 0) is 43.4 Å². The fourth-order valence-electron chi connectivity index (χ4n) is 2.22. The van der Waals surface area contributed by atoms with E-state index in [1.807, 2.05) is 31.2 Å². The van der Waals surface area contributed by atoms with Gasteiger partial charge in [0.1, 0.15) is 0 Å². The molecular formula is C19H22N4O4S. The number of nitrogens with two attached hydrogens (primary N) is 1. The van der Waals surface area contributed by atoms with E-state index >= 15 is 0 Å². The van der Waals surface area contributed by atoms with Gasteiger partial charge >= 0.3 is 0 Å². The first-order chi connectivity index (χ1) is 13.4. The highest BCUT2D eigenvalue weighted by molar-refractivity contribution is 7.80. The van der Waals surface area contributed by atoms with Crippen LogP contribution in [0.5, 0.6) is 17.2 Å². The van der Waals surface area contributed by atoms with Crippen LogP contribution in [-0.2, 0) is 4.79 Å². The Labute approximate surface area is 168 Å². The van der Waals surface area contributed by atoms with Crippen LogP contribution < -0.4 is 30.7 Å². The van der Waals surface area contributed by atoms with Crippen LogP contribution in [0.15, 0.2) is 41.5 Å². The number of carbonyl (C=O) groups is 1. The van der Waals surface area contributed by atoms with Crippen molar-refractivity contribution in [2.24, 2.45) is 10.8 Å². The molecule has 2 aromatic carbocycles. The van der Waals surface area contributed by atoms with Gasteiger partial charge in [-0.3, -0.25) is 10.2 Å². The largest absolute Gasteiger partial charge is 0.493 e. The Morgan fingerprint density at radius 3 is 2.32 bits per heavy atom. The normalized spacial score (nSPS) is 10.4. The van der Waals surface area contributed by atoms with Crippen molar-refractivity contribution in [1.29, 1.82) is 0 Å². The third-order valence-electron chi connectivity index (χ3n) is 3.53. The standard InChI is InChI=1S/C19H22N4O4S/c1-12-4-6-14(7-5-12)22-19(28)23-21-10-13-8-15(25-2)18(16(9-13)26-3)27-11-17(20)24/h4-10H,11H2,1-3H3,(H2,20,24)(H2,22,23,28)/b21-10-. The lowest BCUT2D eigenvalue weighted by molar-refractivity contribution is -0.119. The molecule has 0 bridgehead atoms. The fourth-order valence-corrected chi connectivity index (χ4v) is 2.39. The Hall–Kier alpha value is -3.33. The number of aryl methyl sites for hydroxylation is 1. The maximum absolute atomic E-state index is 11.0. The van der Waals surface area contributed by atoms with Gasteiger partial charge in [-0.1, -0.05) is 17.7 Å². The van der Waals surface area contributed by atoms with Gasteiger partial charge in [0.05, 0.1) is 20.4 Å². The van der Waals surface area contributed by atoms with Crippen molar-refractivity contribution in [3.8, 4) is 17.2 Å². The highest BCUT2D eigenvalue weighted by Gasteiger charge is 2.14. The summed E-state index contributed by atoms with van der Waals surface area (Å²) in [4.78, 5) is 11.0. The van der Waals surface area contributed by atoms with Crippen LogP contribution in [0.4, 0.5) is 5.69 Å². The zero-order chi connectivity index (χ0) is 20.5. The molecule has 0 aliphatic carbocycles. The lowest BCUT2D eigenvalue weighted by Gasteiger charge is -2.14. The van der Waals surface area contributed by atoms with Crippen LogP contribution in [-0.4, -0.2) is 38.1 Å². The average Bonchev–Trinajstić information content (AvgIpc) is 2.67. The number of rotatable bonds is 8. The molecule has 0 aliphatic rings. The molecule has 0 unspecified atom stereocenters. The van der Waals surface area contributed by atoms with E-state index in [4.69, 9.17) is 32.2 Å². The summed E-state index contributed by atoms with van der Waals surface area (Å²) in [5, 5.41) is 7.48. The Morgan fingerprint density at radius 2 is 1.79 bits per heavy atom. The highest BCUT2D eigenvalue weighted by Crippen LogP contribution is 2.38. The molecule has 0 saturated carbocycles. The van der Waals surface area contributed by atoms with Crippen LogP contribution in [0, 0.1) is 6.92 Å². The molecule has 0 aliphatic heterocycles. The summed E-state index contributed by atoms with van der Waals surface area (Å²) in [5.41, 5.74) is 10.5. The maximum Gasteiger partial charge on any atom is 0.255 e. The van der Waals surface area contributed by atoms with Gasteiger partial charge in [-0.25, -0.2) is 0 Å². The monoisotopic (exact) mass is 402 g/mol. The first kappa shape index (κ1) is 21.0. The number of hydrogen-bond donors (Lipinski definition) is 3. The van der Waals surface area contributed by atoms with Crippen LogP contribution in [0.25, 0.3) is 0 Å². The Morgan fingerprint density at radius 1 is 1.18 bits per heavy atom. The second-order valence-corrected chi connectivity index (χ2v) is 6.11. The molecule has 8 nitrogen and oxygen atoms in total. The van der Waals surface area contributed by atoms with Crippen molar-refractivity contribution in [1.82, 2.24) is 5.43 Å². The fraction of sp³-hybridized carbons (Fsp3) is 0.211. The summed E-state index contributed by atoms with van der Waals surface area (Å²) in [6, 6.07) is 11.2. The average molecular weight is 402 g/mol. The van der Waals surface area contributed by atoms with E-state index in [9.17, 15) is 4.79 Å². The van der Waals surface area contributed by atoms with E-state index in [1.54, 1.807) is 18.3 Å². The van der Waals surface area contributed by atoms with E-state index in [1.165, 1.54) is 14.2 Å². The number of methoxy groups -OCH3 is 2. The van der Waals surface area contributed by atoms with Crippen molar-refractivity contribution >= 4 is 35.1 Å². The van der Waals surface area contributed by atoms with E-state index in [0.29, 0.717) is 22.2 Å². The second-order valence-electron chi connectivity index (χ2n) is 5.70. The molecule has 0 fully saturated rings. The summed E-state index contributed by atoms with van der Waals surface area (Å²) in [6.45, 7) is 1.72. The number of carbonyl (C=O) groups excluding carboxylic acids is 1. The van der Waals surface area contributed by atoms with Gasteiger partial charge in [0.25, 0.3) is 5.91 Å². The van der Waals surface area contributed by atoms with Crippen molar-refractivity contribution in [3.05, 3.63) is 47.5 Å². The minimum Gasteiger partial charge on any atom is -0.493 e. The number of primary amides is 1. The number of anilines is 1. The molecule has 0 spiro atoms. The Bertz CT molecular complexity index is 844. The van der Waals surface area contributed by atoms with E-state index < -0.39 is 5.91 Å². The van der Waals surface area contributed by atoms with Crippen molar-refractivity contribution in [3.63, 3.8) is 0 Å². The maximum atomic E-state index is 11.0. The van der Waals surface area contributed by atoms with Gasteiger partial charge in [-0.2, -0.15) is 5.10 Å². The number of hydrazone groups is 1. The second kappa shape index (κ2) is 10.1. The quantitative estimate of drug-likeness (QED) is 0.353. The molecule has 2 rings (SSSR count). The van der Waals surface area contributed by atoms with Crippen LogP contribution in [0.3, 0.4) is 0 Å². The summed E-state index contributed by atoms with van der Waals surface area (Å²) < 4.78 is 16.0. The molecule has 0 aromatic heterocycles. The van der Waals surface area contributed by atoms with Crippen molar-refractivity contribution < 1.29 is 19.0 Å². The number of nitrogens with zero attached hydrogens (tertiary/aromatic N) is 1. The number of nitrogens with one attached hydrogen (secondary N) is 2. The van der Waals surface area contributed by atoms with Gasteiger partial charge in [0.2, 0.25) is 5.75 Å². The number of ether oxygens (including phenoxy) is 3. The summed E-state index contributed by atoms with van der Waals surface area (Å²) in [5.74, 6) is 0.434.